The van der Waals surface area contributed by atoms with Gasteiger partial charge in [0, 0.05) is 6.42 Å². The first-order valence-electron chi connectivity index (χ1n) is 29.2. The van der Waals surface area contributed by atoms with E-state index in [1.54, 1.807) is 6.08 Å². The van der Waals surface area contributed by atoms with Crippen molar-refractivity contribution in [1.82, 2.24) is 5.32 Å². The van der Waals surface area contributed by atoms with Gasteiger partial charge in [0.25, 0.3) is 0 Å². The molecule has 0 spiro atoms. The van der Waals surface area contributed by atoms with Crippen LogP contribution in [-0.4, -0.2) is 34.9 Å². The number of hydrogen-bond donors (Lipinski definition) is 3. The van der Waals surface area contributed by atoms with Crippen LogP contribution in [0.3, 0.4) is 0 Å². The van der Waals surface area contributed by atoms with Gasteiger partial charge in [-0.3, -0.25) is 4.79 Å². The Kier molecular flexibility index (Phi) is 55.3. The highest BCUT2D eigenvalue weighted by Crippen LogP contribution is 2.17. The summed E-state index contributed by atoms with van der Waals surface area (Å²) in [7, 11) is 0. The number of unbranched alkanes of at least 4 members (excludes halogenated alkanes) is 36. The summed E-state index contributed by atoms with van der Waals surface area (Å²) in [5.74, 6) is -0.0755. The molecule has 66 heavy (non-hydrogen) atoms. The number of rotatable bonds is 53. The predicted molar refractivity (Wildman–Crippen MR) is 294 cm³/mol. The standard InChI is InChI=1S/C62H113NO3/c1-3-5-7-9-11-13-15-17-19-21-23-25-27-29-30-31-32-34-35-37-39-41-43-45-47-49-51-53-55-57-61(65)60(59-64)63-62(66)58-56-54-52-50-48-46-44-42-40-38-36-33-28-26-24-22-20-18-16-14-12-10-8-6-4-2/h6,8,12,14,18,20,24,26,47,49,55,57,60-61,64-65H,3-5,7,9-11,13,15-17,19,21-23,25,27-46,48,50-54,56,58-59H2,1-2H3,(H,63,66)/b8-6-,14-12-,20-18-,26-24-,49-47+,57-55+. The van der Waals surface area contributed by atoms with Gasteiger partial charge in [0.15, 0.2) is 0 Å². The Balaban J connectivity index is 3.53. The summed E-state index contributed by atoms with van der Waals surface area (Å²) in [5.41, 5.74) is 0. The molecule has 384 valence electrons. The van der Waals surface area contributed by atoms with Gasteiger partial charge in [0.2, 0.25) is 5.91 Å². The van der Waals surface area contributed by atoms with E-state index >= 15 is 0 Å². The van der Waals surface area contributed by atoms with E-state index in [0.29, 0.717) is 6.42 Å². The quantitative estimate of drug-likeness (QED) is 0.0421. The Labute approximate surface area is 412 Å². The van der Waals surface area contributed by atoms with Gasteiger partial charge in [-0.1, -0.05) is 292 Å². The molecule has 0 aliphatic heterocycles. The average Bonchev–Trinajstić information content (AvgIpc) is 3.32. The zero-order chi connectivity index (χ0) is 47.7. The predicted octanol–water partition coefficient (Wildman–Crippen LogP) is 19.4. The lowest BCUT2D eigenvalue weighted by Gasteiger charge is -2.19. The number of aliphatic hydroxyl groups is 2. The Morgan fingerprint density at radius 3 is 1.06 bits per heavy atom. The molecule has 0 aromatic carbocycles. The van der Waals surface area contributed by atoms with Gasteiger partial charge in [-0.05, 0) is 70.6 Å². The molecular formula is C62H113NO3. The molecule has 0 fully saturated rings. The van der Waals surface area contributed by atoms with E-state index < -0.39 is 12.1 Å². The van der Waals surface area contributed by atoms with Gasteiger partial charge in [-0.15, -0.1) is 0 Å². The smallest absolute Gasteiger partial charge is 0.220 e. The third-order valence-corrected chi connectivity index (χ3v) is 13.2. The second kappa shape index (κ2) is 57.1. The summed E-state index contributed by atoms with van der Waals surface area (Å²) >= 11 is 0. The van der Waals surface area contributed by atoms with E-state index in [-0.39, 0.29) is 12.5 Å². The summed E-state index contributed by atoms with van der Waals surface area (Å²) in [5, 5.41) is 23.2. The molecule has 0 bridgehead atoms. The summed E-state index contributed by atoms with van der Waals surface area (Å²) in [4.78, 5) is 12.5. The fourth-order valence-electron chi connectivity index (χ4n) is 8.78. The molecule has 0 radical (unpaired) electrons. The fraction of sp³-hybridized carbons (Fsp3) is 0.790. The molecule has 2 atom stereocenters. The third kappa shape index (κ3) is 52.8. The van der Waals surface area contributed by atoms with Crippen LogP contribution in [0.4, 0.5) is 0 Å². The minimum absolute atomic E-state index is 0.0755. The molecule has 3 N–H and O–H groups in total. The number of nitrogens with one attached hydrogen (secondary N) is 1. The molecule has 4 nitrogen and oxygen atoms in total. The molecule has 1 amide bonds. The van der Waals surface area contributed by atoms with Gasteiger partial charge in [0.05, 0.1) is 18.8 Å². The number of carbonyl (C=O) groups is 1. The maximum absolute atomic E-state index is 12.5. The van der Waals surface area contributed by atoms with E-state index in [0.717, 1.165) is 57.8 Å². The molecule has 0 rings (SSSR count). The number of aliphatic hydroxyl groups excluding tert-OH is 2. The van der Waals surface area contributed by atoms with Crippen LogP contribution in [-0.2, 0) is 4.79 Å². The van der Waals surface area contributed by atoms with Gasteiger partial charge < -0.3 is 15.5 Å². The highest BCUT2D eigenvalue weighted by Gasteiger charge is 2.18. The SMILES string of the molecule is CC/C=C\C/C=C\C/C=C\C/C=C\CCCCCCCCCCCCCCC(=O)NC(CO)C(O)/C=C/CC/C=C/CCCCCCCCCCCCCCCCCCCCCCCCC. The summed E-state index contributed by atoms with van der Waals surface area (Å²) < 4.78 is 0. The van der Waals surface area contributed by atoms with Crippen molar-refractivity contribution in [2.24, 2.45) is 0 Å². The largest absolute Gasteiger partial charge is 0.394 e. The van der Waals surface area contributed by atoms with Crippen molar-refractivity contribution in [2.75, 3.05) is 6.61 Å². The second-order valence-electron chi connectivity index (χ2n) is 19.7. The Morgan fingerprint density at radius 1 is 0.379 bits per heavy atom. The first-order chi connectivity index (χ1) is 32.7. The van der Waals surface area contributed by atoms with Crippen LogP contribution in [0.15, 0.2) is 72.9 Å². The van der Waals surface area contributed by atoms with E-state index in [4.69, 9.17) is 0 Å². The van der Waals surface area contributed by atoms with Crippen LogP contribution in [0.5, 0.6) is 0 Å². The van der Waals surface area contributed by atoms with Crippen LogP contribution in [0.25, 0.3) is 0 Å². The first-order valence-corrected chi connectivity index (χ1v) is 29.2. The maximum Gasteiger partial charge on any atom is 0.220 e. The lowest BCUT2D eigenvalue weighted by molar-refractivity contribution is -0.123. The van der Waals surface area contributed by atoms with Crippen molar-refractivity contribution < 1.29 is 15.0 Å². The zero-order valence-corrected chi connectivity index (χ0v) is 44.2. The van der Waals surface area contributed by atoms with E-state index in [1.165, 1.54) is 218 Å². The van der Waals surface area contributed by atoms with E-state index in [9.17, 15) is 15.0 Å². The lowest BCUT2D eigenvalue weighted by Crippen LogP contribution is -2.45. The molecule has 0 saturated heterocycles. The highest BCUT2D eigenvalue weighted by molar-refractivity contribution is 5.76. The lowest BCUT2D eigenvalue weighted by atomic mass is 10.0. The molecule has 2 unspecified atom stereocenters. The third-order valence-electron chi connectivity index (χ3n) is 13.2. The van der Waals surface area contributed by atoms with Gasteiger partial charge in [-0.25, -0.2) is 0 Å². The molecule has 0 aliphatic rings. The molecule has 0 aromatic rings. The molecule has 0 heterocycles. The van der Waals surface area contributed by atoms with Crippen molar-refractivity contribution in [1.29, 1.82) is 0 Å². The Bertz CT molecular complexity index is 1130. The number of allylic oxidation sites excluding steroid dienone is 11. The average molecular weight is 921 g/mol. The van der Waals surface area contributed by atoms with Gasteiger partial charge >= 0.3 is 0 Å². The normalized spacial score (nSPS) is 13.3. The van der Waals surface area contributed by atoms with E-state index in [2.05, 4.69) is 79.9 Å². The summed E-state index contributed by atoms with van der Waals surface area (Å²) in [6, 6.07) is -0.645. The van der Waals surface area contributed by atoms with Crippen LogP contribution in [0.2, 0.25) is 0 Å². The highest BCUT2D eigenvalue weighted by atomic mass is 16.3. The second-order valence-corrected chi connectivity index (χ2v) is 19.7. The zero-order valence-electron chi connectivity index (χ0n) is 44.2. The molecule has 0 aromatic heterocycles. The van der Waals surface area contributed by atoms with Crippen LogP contribution < -0.4 is 5.32 Å². The number of amides is 1. The first kappa shape index (κ1) is 63.8. The van der Waals surface area contributed by atoms with Crippen molar-refractivity contribution >= 4 is 5.91 Å². The summed E-state index contributed by atoms with van der Waals surface area (Å²) in [6.07, 6.45) is 82.2. The van der Waals surface area contributed by atoms with E-state index in [1.807, 2.05) is 6.08 Å². The molecular weight excluding hydrogens is 807 g/mol. The fourth-order valence-corrected chi connectivity index (χ4v) is 8.78. The van der Waals surface area contributed by atoms with Crippen LogP contribution in [0.1, 0.15) is 296 Å². The molecule has 4 heteroatoms. The van der Waals surface area contributed by atoms with Gasteiger partial charge in [0.1, 0.15) is 0 Å². The van der Waals surface area contributed by atoms with Crippen molar-refractivity contribution in [3.8, 4) is 0 Å². The Morgan fingerprint density at radius 2 is 0.682 bits per heavy atom. The van der Waals surface area contributed by atoms with Crippen molar-refractivity contribution in [3.63, 3.8) is 0 Å². The number of hydrogen-bond acceptors (Lipinski definition) is 3. The van der Waals surface area contributed by atoms with Crippen LogP contribution >= 0.6 is 0 Å². The molecule has 0 saturated carbocycles. The summed E-state index contributed by atoms with van der Waals surface area (Å²) in [6.45, 7) is 4.21. The maximum atomic E-state index is 12.5. The van der Waals surface area contributed by atoms with Crippen LogP contribution in [0, 0.1) is 0 Å². The topological polar surface area (TPSA) is 69.6 Å². The minimum Gasteiger partial charge on any atom is -0.394 e. The van der Waals surface area contributed by atoms with Crippen molar-refractivity contribution in [3.05, 3.63) is 72.9 Å². The van der Waals surface area contributed by atoms with Gasteiger partial charge in [-0.2, -0.15) is 0 Å². The van der Waals surface area contributed by atoms with Crippen molar-refractivity contribution in [2.45, 2.75) is 309 Å². The number of carbonyl (C=O) groups excluding carboxylic acids is 1. The molecule has 0 aliphatic carbocycles. The minimum atomic E-state index is -0.868. The monoisotopic (exact) mass is 920 g/mol. The Hall–Kier alpha value is -2.17.